The van der Waals surface area contributed by atoms with E-state index in [4.69, 9.17) is 11.6 Å². The molecule has 0 fully saturated rings. The van der Waals surface area contributed by atoms with E-state index in [-0.39, 0.29) is 6.04 Å². The second-order valence-corrected chi connectivity index (χ2v) is 5.56. The van der Waals surface area contributed by atoms with Crippen LogP contribution in [0.2, 0.25) is 5.02 Å². The first-order valence-electron chi connectivity index (χ1n) is 5.56. The highest BCUT2D eigenvalue weighted by molar-refractivity contribution is 7.99. The van der Waals surface area contributed by atoms with E-state index in [9.17, 15) is 5.11 Å². The zero-order valence-electron chi connectivity index (χ0n) is 9.98. The number of thioether (sulfide) groups is 1. The highest BCUT2D eigenvalue weighted by Gasteiger charge is 2.19. The van der Waals surface area contributed by atoms with Crippen molar-refractivity contribution in [2.75, 3.05) is 11.5 Å². The van der Waals surface area contributed by atoms with Gasteiger partial charge in [0.2, 0.25) is 0 Å². The van der Waals surface area contributed by atoms with Gasteiger partial charge in [-0.15, -0.1) is 0 Å². The predicted molar refractivity (Wildman–Crippen MR) is 70.2 cm³/mol. The summed E-state index contributed by atoms with van der Waals surface area (Å²) in [7, 11) is 0. The molecule has 1 unspecified atom stereocenters. The Morgan fingerprint density at radius 2 is 2.25 bits per heavy atom. The summed E-state index contributed by atoms with van der Waals surface area (Å²) in [4.78, 5) is 0. The number of halogens is 1. The van der Waals surface area contributed by atoms with Gasteiger partial charge in [-0.25, -0.2) is 0 Å². The highest BCUT2D eigenvalue weighted by atomic mass is 35.5. The summed E-state index contributed by atoms with van der Waals surface area (Å²) in [5.41, 5.74) is 0.736. The summed E-state index contributed by atoms with van der Waals surface area (Å²) < 4.78 is 1.79. The number of aliphatic hydroxyl groups is 1. The van der Waals surface area contributed by atoms with Crippen LogP contribution in [0.3, 0.4) is 0 Å². The van der Waals surface area contributed by atoms with Crippen molar-refractivity contribution in [1.82, 2.24) is 9.78 Å². The number of rotatable bonds is 6. The van der Waals surface area contributed by atoms with Gasteiger partial charge >= 0.3 is 0 Å². The van der Waals surface area contributed by atoms with Gasteiger partial charge in [-0.2, -0.15) is 16.9 Å². The Hall–Kier alpha value is -0.190. The van der Waals surface area contributed by atoms with Gasteiger partial charge in [-0.05, 0) is 26.0 Å². The van der Waals surface area contributed by atoms with Crippen LogP contribution in [0.4, 0.5) is 0 Å². The maximum Gasteiger partial charge on any atom is 0.106 e. The second kappa shape index (κ2) is 6.52. The normalized spacial score (nSPS) is 13.4. The molecule has 0 bridgehead atoms. The maximum atomic E-state index is 10.1. The molecule has 1 aromatic rings. The van der Waals surface area contributed by atoms with Gasteiger partial charge < -0.3 is 5.11 Å². The van der Waals surface area contributed by atoms with Gasteiger partial charge in [-0.3, -0.25) is 4.68 Å². The number of nitrogens with zero attached hydrogens (tertiary/aromatic N) is 2. The van der Waals surface area contributed by atoms with Crippen molar-refractivity contribution in [3.63, 3.8) is 0 Å². The molecule has 16 heavy (non-hydrogen) atoms. The molecule has 1 atom stereocenters. The predicted octanol–water partition coefficient (Wildman–Crippen LogP) is 3.29. The van der Waals surface area contributed by atoms with E-state index < -0.39 is 6.10 Å². The molecule has 0 aliphatic heterocycles. The molecule has 0 saturated carbocycles. The van der Waals surface area contributed by atoms with Crippen LogP contribution < -0.4 is 0 Å². The molecular weight excluding hydrogens is 244 g/mol. The molecule has 0 spiro atoms. The van der Waals surface area contributed by atoms with Crippen LogP contribution in [0, 0.1) is 0 Å². The summed E-state index contributed by atoms with van der Waals surface area (Å²) in [6.45, 7) is 6.18. The molecule has 92 valence electrons. The number of aliphatic hydroxyl groups excluding tert-OH is 1. The fraction of sp³-hybridized carbons (Fsp3) is 0.727. The van der Waals surface area contributed by atoms with E-state index in [1.165, 1.54) is 0 Å². The highest BCUT2D eigenvalue weighted by Crippen LogP contribution is 2.27. The van der Waals surface area contributed by atoms with Crippen molar-refractivity contribution in [3.8, 4) is 0 Å². The van der Waals surface area contributed by atoms with Crippen LogP contribution in [0.1, 0.15) is 45.0 Å². The average molecular weight is 263 g/mol. The average Bonchev–Trinajstić information content (AvgIpc) is 2.60. The molecule has 1 heterocycles. The molecule has 3 nitrogen and oxygen atoms in total. The van der Waals surface area contributed by atoms with E-state index in [0.29, 0.717) is 10.8 Å². The Kier molecular flexibility index (Phi) is 5.66. The maximum absolute atomic E-state index is 10.1. The van der Waals surface area contributed by atoms with E-state index in [2.05, 4.69) is 12.0 Å². The van der Waals surface area contributed by atoms with Crippen molar-refractivity contribution >= 4 is 23.4 Å². The fourth-order valence-electron chi connectivity index (χ4n) is 1.49. The van der Waals surface area contributed by atoms with Crippen LogP contribution in [-0.4, -0.2) is 26.4 Å². The Labute approximate surface area is 106 Å². The van der Waals surface area contributed by atoms with E-state index in [0.717, 1.165) is 17.9 Å². The third-order valence-corrected chi connectivity index (χ3v) is 3.76. The monoisotopic (exact) mass is 262 g/mol. The molecule has 1 aromatic heterocycles. The lowest BCUT2D eigenvalue weighted by Gasteiger charge is -2.16. The fourth-order valence-corrected chi connectivity index (χ4v) is 2.58. The summed E-state index contributed by atoms with van der Waals surface area (Å²) >= 11 is 7.78. The van der Waals surface area contributed by atoms with Crippen molar-refractivity contribution in [2.24, 2.45) is 0 Å². The van der Waals surface area contributed by atoms with Crippen molar-refractivity contribution in [3.05, 3.63) is 16.9 Å². The smallest absolute Gasteiger partial charge is 0.106 e. The molecule has 0 radical (unpaired) electrons. The van der Waals surface area contributed by atoms with Gasteiger partial charge in [0.15, 0.2) is 0 Å². The van der Waals surface area contributed by atoms with E-state index in [1.807, 2.05) is 13.8 Å². The van der Waals surface area contributed by atoms with Crippen LogP contribution in [0.15, 0.2) is 6.20 Å². The molecule has 0 aliphatic rings. The first-order valence-corrected chi connectivity index (χ1v) is 7.09. The second-order valence-electron chi connectivity index (χ2n) is 4.01. The van der Waals surface area contributed by atoms with Gasteiger partial charge in [-0.1, -0.05) is 18.5 Å². The van der Waals surface area contributed by atoms with Gasteiger partial charge in [0.05, 0.1) is 16.9 Å². The van der Waals surface area contributed by atoms with Gasteiger partial charge in [0.25, 0.3) is 0 Å². The third kappa shape index (κ3) is 3.40. The zero-order valence-corrected chi connectivity index (χ0v) is 11.6. The standard InChI is InChI=1S/C11H19ClN2OS/c1-4-5-16-7-10(15)11-9(12)6-13-14(11)8(2)3/h6,8,10,15H,4-5,7H2,1-3H3. The molecule has 0 amide bonds. The van der Waals surface area contributed by atoms with Crippen LogP contribution in [-0.2, 0) is 0 Å². The van der Waals surface area contributed by atoms with Gasteiger partial charge in [0.1, 0.15) is 6.10 Å². The quantitative estimate of drug-likeness (QED) is 0.800. The van der Waals surface area contributed by atoms with Crippen LogP contribution in [0.25, 0.3) is 0 Å². The minimum absolute atomic E-state index is 0.216. The van der Waals surface area contributed by atoms with Crippen LogP contribution >= 0.6 is 23.4 Å². The Bertz CT molecular complexity index is 328. The molecule has 1 N–H and O–H groups in total. The Morgan fingerprint density at radius 1 is 1.56 bits per heavy atom. The first-order chi connectivity index (χ1) is 7.57. The van der Waals surface area contributed by atoms with Gasteiger partial charge in [0, 0.05) is 11.8 Å². The SMILES string of the molecule is CCCSCC(O)c1c(Cl)cnn1C(C)C. The lowest BCUT2D eigenvalue weighted by Crippen LogP contribution is -2.13. The van der Waals surface area contributed by atoms with E-state index in [1.54, 1.807) is 22.6 Å². The molecule has 0 aliphatic carbocycles. The Balaban J connectivity index is 2.73. The van der Waals surface area contributed by atoms with Crippen LogP contribution in [0.5, 0.6) is 0 Å². The summed E-state index contributed by atoms with van der Waals surface area (Å²) in [6.07, 6.45) is 2.19. The minimum atomic E-state index is -0.533. The zero-order chi connectivity index (χ0) is 12.1. The largest absolute Gasteiger partial charge is 0.386 e. The number of hydrogen-bond acceptors (Lipinski definition) is 3. The number of hydrogen-bond donors (Lipinski definition) is 1. The van der Waals surface area contributed by atoms with E-state index >= 15 is 0 Å². The lowest BCUT2D eigenvalue weighted by molar-refractivity contribution is 0.189. The third-order valence-electron chi connectivity index (χ3n) is 2.22. The van der Waals surface area contributed by atoms with Crippen molar-refractivity contribution < 1.29 is 5.11 Å². The molecule has 0 aromatic carbocycles. The number of aromatic nitrogens is 2. The lowest BCUT2D eigenvalue weighted by atomic mass is 10.2. The molecule has 1 rings (SSSR count). The Morgan fingerprint density at radius 3 is 2.81 bits per heavy atom. The molecule has 5 heteroatoms. The molecular formula is C11H19ClN2OS. The molecule has 0 saturated heterocycles. The summed E-state index contributed by atoms with van der Waals surface area (Å²) in [6, 6.07) is 0.216. The van der Waals surface area contributed by atoms with Crippen molar-refractivity contribution in [2.45, 2.75) is 39.3 Å². The minimum Gasteiger partial charge on any atom is -0.386 e. The van der Waals surface area contributed by atoms with Crippen molar-refractivity contribution in [1.29, 1.82) is 0 Å². The summed E-state index contributed by atoms with van der Waals surface area (Å²) in [5, 5.41) is 14.8. The topological polar surface area (TPSA) is 38.1 Å². The first kappa shape index (κ1) is 13.9. The summed E-state index contributed by atoms with van der Waals surface area (Å²) in [5.74, 6) is 1.73.